The monoisotopic (exact) mass is 245 g/mol. The molecule has 1 saturated heterocycles. The first kappa shape index (κ1) is 11.4. The highest BCUT2D eigenvalue weighted by atomic mass is 15.3. The predicted molar refractivity (Wildman–Crippen MR) is 71.5 cm³/mol. The van der Waals surface area contributed by atoms with Gasteiger partial charge < -0.3 is 4.90 Å². The number of nitrogens with zero attached hydrogens (tertiary/aromatic N) is 5. The van der Waals surface area contributed by atoms with Gasteiger partial charge in [0.2, 0.25) is 0 Å². The van der Waals surface area contributed by atoms with Crippen LogP contribution in [0.4, 0.5) is 5.82 Å². The maximum absolute atomic E-state index is 4.47. The maximum atomic E-state index is 4.47. The molecule has 2 aromatic heterocycles. The van der Waals surface area contributed by atoms with E-state index in [0.29, 0.717) is 0 Å². The minimum Gasteiger partial charge on any atom is -0.356 e. The first-order valence-electron chi connectivity index (χ1n) is 6.67. The molecule has 1 fully saturated rings. The number of piperidine rings is 1. The van der Waals surface area contributed by atoms with Crippen LogP contribution in [-0.2, 0) is 7.05 Å². The summed E-state index contributed by atoms with van der Waals surface area (Å²) >= 11 is 0. The Morgan fingerprint density at radius 3 is 3.11 bits per heavy atom. The van der Waals surface area contributed by atoms with Crippen molar-refractivity contribution in [2.45, 2.75) is 26.2 Å². The molecule has 0 spiro atoms. The SMILES string of the molecule is CCC1CCCN(c2ncnc3c2cnn3C)C1. The van der Waals surface area contributed by atoms with E-state index < -0.39 is 0 Å². The molecule has 1 aliphatic rings. The van der Waals surface area contributed by atoms with Crippen LogP contribution in [0.2, 0.25) is 0 Å². The highest BCUT2D eigenvalue weighted by molar-refractivity contribution is 5.86. The van der Waals surface area contributed by atoms with Crippen molar-refractivity contribution in [3.8, 4) is 0 Å². The zero-order valence-electron chi connectivity index (χ0n) is 11.0. The van der Waals surface area contributed by atoms with Crippen LogP contribution >= 0.6 is 0 Å². The van der Waals surface area contributed by atoms with Crippen molar-refractivity contribution in [2.75, 3.05) is 18.0 Å². The Kier molecular flexibility index (Phi) is 2.89. The van der Waals surface area contributed by atoms with Gasteiger partial charge in [0, 0.05) is 20.1 Å². The highest BCUT2D eigenvalue weighted by Crippen LogP contribution is 2.27. The molecule has 0 amide bonds. The van der Waals surface area contributed by atoms with E-state index in [1.807, 2.05) is 17.9 Å². The van der Waals surface area contributed by atoms with Crippen molar-refractivity contribution in [2.24, 2.45) is 13.0 Å². The van der Waals surface area contributed by atoms with Gasteiger partial charge >= 0.3 is 0 Å². The minimum absolute atomic E-state index is 0.792. The molecule has 0 saturated carbocycles. The van der Waals surface area contributed by atoms with E-state index >= 15 is 0 Å². The van der Waals surface area contributed by atoms with Crippen LogP contribution in [0.3, 0.4) is 0 Å². The fourth-order valence-corrected chi connectivity index (χ4v) is 2.79. The third-order valence-electron chi connectivity index (χ3n) is 3.90. The molecule has 1 atom stereocenters. The van der Waals surface area contributed by atoms with E-state index in [2.05, 4.69) is 26.9 Å². The summed E-state index contributed by atoms with van der Waals surface area (Å²) in [5, 5.41) is 5.34. The van der Waals surface area contributed by atoms with Gasteiger partial charge in [0.05, 0.1) is 11.6 Å². The molecule has 1 aliphatic heterocycles. The van der Waals surface area contributed by atoms with Crippen LogP contribution in [-0.4, -0.2) is 32.8 Å². The van der Waals surface area contributed by atoms with E-state index in [1.54, 1.807) is 6.33 Å². The average Bonchev–Trinajstić information content (AvgIpc) is 2.81. The molecule has 2 aromatic rings. The molecule has 3 rings (SSSR count). The number of aromatic nitrogens is 4. The van der Waals surface area contributed by atoms with E-state index in [1.165, 1.54) is 19.3 Å². The lowest BCUT2D eigenvalue weighted by Gasteiger charge is -2.33. The van der Waals surface area contributed by atoms with Gasteiger partial charge in [-0.05, 0) is 18.8 Å². The second kappa shape index (κ2) is 4.55. The largest absolute Gasteiger partial charge is 0.356 e. The van der Waals surface area contributed by atoms with Crippen molar-refractivity contribution in [3.63, 3.8) is 0 Å². The van der Waals surface area contributed by atoms with Gasteiger partial charge in [-0.2, -0.15) is 5.10 Å². The summed E-state index contributed by atoms with van der Waals surface area (Å²) in [6, 6.07) is 0. The molecule has 0 N–H and O–H groups in total. The molecular formula is C13H19N5. The zero-order chi connectivity index (χ0) is 12.5. The Balaban J connectivity index is 1.98. The molecule has 96 valence electrons. The summed E-state index contributed by atoms with van der Waals surface area (Å²) in [5.74, 6) is 1.84. The molecule has 18 heavy (non-hydrogen) atoms. The van der Waals surface area contributed by atoms with E-state index in [0.717, 1.165) is 35.9 Å². The van der Waals surface area contributed by atoms with Crippen molar-refractivity contribution >= 4 is 16.9 Å². The average molecular weight is 245 g/mol. The summed E-state index contributed by atoms with van der Waals surface area (Å²) in [7, 11) is 1.92. The van der Waals surface area contributed by atoms with Gasteiger partial charge in [0.1, 0.15) is 12.1 Å². The molecular weight excluding hydrogens is 226 g/mol. The first-order chi connectivity index (χ1) is 8.79. The van der Waals surface area contributed by atoms with E-state index in [4.69, 9.17) is 0 Å². The molecule has 0 radical (unpaired) electrons. The lowest BCUT2D eigenvalue weighted by Crippen LogP contribution is -2.35. The third kappa shape index (κ3) is 1.83. The first-order valence-corrected chi connectivity index (χ1v) is 6.67. The third-order valence-corrected chi connectivity index (χ3v) is 3.90. The number of rotatable bonds is 2. The number of fused-ring (bicyclic) bond motifs is 1. The van der Waals surface area contributed by atoms with Crippen LogP contribution in [0.5, 0.6) is 0 Å². The normalized spacial score (nSPS) is 20.6. The summed E-state index contributed by atoms with van der Waals surface area (Å²) in [5.41, 5.74) is 0.915. The lowest BCUT2D eigenvalue weighted by atomic mass is 9.95. The standard InChI is InChI=1S/C13H19N5/c1-3-10-5-4-6-18(8-10)13-11-7-16-17(2)12(11)14-9-15-13/h7,9-10H,3-6,8H2,1-2H3. The Bertz CT molecular complexity index is 547. The second-order valence-electron chi connectivity index (χ2n) is 5.07. The van der Waals surface area contributed by atoms with Gasteiger partial charge in [0.25, 0.3) is 0 Å². The predicted octanol–water partition coefficient (Wildman–Crippen LogP) is 1.99. The molecule has 5 heteroatoms. The number of anilines is 1. The number of hydrogen-bond donors (Lipinski definition) is 0. The van der Waals surface area contributed by atoms with Gasteiger partial charge in [0.15, 0.2) is 5.65 Å². The molecule has 3 heterocycles. The lowest BCUT2D eigenvalue weighted by molar-refractivity contribution is 0.403. The fraction of sp³-hybridized carbons (Fsp3) is 0.615. The Labute approximate surface area is 107 Å². The summed E-state index contributed by atoms with van der Waals surface area (Å²) in [4.78, 5) is 11.2. The van der Waals surface area contributed by atoms with Crippen molar-refractivity contribution < 1.29 is 0 Å². The van der Waals surface area contributed by atoms with Crippen molar-refractivity contribution in [3.05, 3.63) is 12.5 Å². The highest BCUT2D eigenvalue weighted by Gasteiger charge is 2.21. The van der Waals surface area contributed by atoms with E-state index in [9.17, 15) is 0 Å². The van der Waals surface area contributed by atoms with Crippen LogP contribution in [0.25, 0.3) is 11.0 Å². The molecule has 0 bridgehead atoms. The summed E-state index contributed by atoms with van der Waals surface area (Å²) in [6.45, 7) is 4.48. The van der Waals surface area contributed by atoms with Crippen molar-refractivity contribution in [1.29, 1.82) is 0 Å². The Morgan fingerprint density at radius 2 is 2.28 bits per heavy atom. The van der Waals surface area contributed by atoms with Gasteiger partial charge in [-0.25, -0.2) is 9.97 Å². The Morgan fingerprint density at radius 1 is 1.39 bits per heavy atom. The Hall–Kier alpha value is -1.65. The minimum atomic E-state index is 0.792. The van der Waals surface area contributed by atoms with Crippen molar-refractivity contribution in [1.82, 2.24) is 19.7 Å². The van der Waals surface area contributed by atoms with E-state index in [-0.39, 0.29) is 0 Å². The second-order valence-corrected chi connectivity index (χ2v) is 5.07. The molecule has 0 aliphatic carbocycles. The maximum Gasteiger partial charge on any atom is 0.163 e. The van der Waals surface area contributed by atoms with Gasteiger partial charge in [-0.3, -0.25) is 4.68 Å². The summed E-state index contributed by atoms with van der Waals surface area (Å²) in [6.07, 6.45) is 7.37. The van der Waals surface area contributed by atoms with Crippen LogP contribution in [0, 0.1) is 5.92 Å². The van der Waals surface area contributed by atoms with Gasteiger partial charge in [-0.1, -0.05) is 13.3 Å². The quantitative estimate of drug-likeness (QED) is 0.811. The topological polar surface area (TPSA) is 46.8 Å². The van der Waals surface area contributed by atoms with Crippen LogP contribution < -0.4 is 4.90 Å². The molecule has 0 aromatic carbocycles. The molecule has 5 nitrogen and oxygen atoms in total. The number of aryl methyl sites for hydroxylation is 1. The fourth-order valence-electron chi connectivity index (χ4n) is 2.79. The molecule has 1 unspecified atom stereocenters. The summed E-state index contributed by atoms with van der Waals surface area (Å²) < 4.78 is 1.81. The number of hydrogen-bond acceptors (Lipinski definition) is 4. The van der Waals surface area contributed by atoms with Crippen LogP contribution in [0.15, 0.2) is 12.5 Å². The smallest absolute Gasteiger partial charge is 0.163 e. The zero-order valence-corrected chi connectivity index (χ0v) is 11.0. The van der Waals surface area contributed by atoms with Crippen LogP contribution in [0.1, 0.15) is 26.2 Å². The van der Waals surface area contributed by atoms with Gasteiger partial charge in [-0.15, -0.1) is 0 Å².